The summed E-state index contributed by atoms with van der Waals surface area (Å²) in [5.41, 5.74) is -0.207. The summed E-state index contributed by atoms with van der Waals surface area (Å²) < 4.78 is 25.0. The number of Topliss-reactive ketones (excluding diaryl/α,β-unsaturated/α-hetero) is 2. The molecule has 0 radical (unpaired) electrons. The second kappa shape index (κ2) is 10.7. The van der Waals surface area contributed by atoms with E-state index in [9.17, 15) is 29.3 Å². The molecule has 4 aromatic rings. The van der Waals surface area contributed by atoms with Crippen LogP contribution >= 0.6 is 0 Å². The third-order valence-electron chi connectivity index (χ3n) is 10.3. The van der Waals surface area contributed by atoms with Crippen molar-refractivity contribution in [1.29, 1.82) is 0 Å². The number of likely N-dealkylation sites (tertiary alicyclic amines) is 1. The fourth-order valence-corrected chi connectivity index (χ4v) is 8.06. The molecule has 0 bridgehead atoms. The Labute approximate surface area is 269 Å². The Morgan fingerprint density at radius 1 is 1.04 bits per heavy atom. The molecule has 1 saturated carbocycles. The first-order chi connectivity index (χ1) is 22.6. The van der Waals surface area contributed by atoms with Gasteiger partial charge < -0.3 is 24.6 Å². The van der Waals surface area contributed by atoms with Gasteiger partial charge in [-0.05, 0) is 66.2 Å². The van der Waals surface area contributed by atoms with Crippen LogP contribution in [0.25, 0.3) is 16.5 Å². The minimum Gasteiger partial charge on any atom is -0.507 e. The molecule has 0 unspecified atom stereocenters. The Morgan fingerprint density at radius 3 is 2.53 bits per heavy atom. The first kappa shape index (κ1) is 29.8. The minimum absolute atomic E-state index is 0.0749. The van der Waals surface area contributed by atoms with Crippen LogP contribution in [0.1, 0.15) is 50.8 Å². The summed E-state index contributed by atoms with van der Waals surface area (Å²) in [5, 5.41) is 40.8. The maximum Gasteiger partial charge on any atom is 0.265 e. The van der Waals surface area contributed by atoms with Gasteiger partial charge in [0.2, 0.25) is 11.6 Å². The molecule has 10 nitrogen and oxygen atoms in total. The monoisotopic (exact) mass is 639 g/mol. The molecule has 11 heteroatoms. The fourth-order valence-electron chi connectivity index (χ4n) is 8.06. The average Bonchev–Trinajstić information content (AvgIpc) is 3.45. The molecule has 4 aliphatic rings. The molecule has 8 rings (SSSR count). The van der Waals surface area contributed by atoms with Crippen LogP contribution < -0.4 is 4.74 Å². The van der Waals surface area contributed by atoms with Gasteiger partial charge in [0.25, 0.3) is 5.88 Å². The number of carbonyl (C=O) groups is 2. The van der Waals surface area contributed by atoms with Crippen LogP contribution in [-0.4, -0.2) is 80.8 Å². The van der Waals surface area contributed by atoms with E-state index >= 15 is 0 Å². The Bertz CT molecular complexity index is 1980. The second-order valence-electron chi connectivity index (χ2n) is 13.4. The number of hydrogen-bond donors (Lipinski definition) is 3. The Kier molecular flexibility index (Phi) is 6.80. The van der Waals surface area contributed by atoms with Gasteiger partial charge in [-0.25, -0.2) is 4.39 Å². The molecule has 2 heterocycles. The van der Waals surface area contributed by atoms with Crippen LogP contribution in [0, 0.1) is 11.8 Å². The number of aromatic hydroxyl groups is 1. The highest BCUT2D eigenvalue weighted by Crippen LogP contribution is 2.56. The van der Waals surface area contributed by atoms with Crippen molar-refractivity contribution in [1.82, 2.24) is 15.0 Å². The zero-order valence-electron chi connectivity index (χ0n) is 25.9. The van der Waals surface area contributed by atoms with Gasteiger partial charge in [0.15, 0.2) is 11.4 Å². The van der Waals surface area contributed by atoms with Gasteiger partial charge in [0.1, 0.15) is 29.9 Å². The van der Waals surface area contributed by atoms with Crippen LogP contribution in [0.5, 0.6) is 11.6 Å². The molecule has 242 valence electrons. The lowest BCUT2D eigenvalue weighted by Crippen LogP contribution is -2.63. The quantitative estimate of drug-likeness (QED) is 0.258. The molecule has 1 aromatic heterocycles. The molecule has 3 N–H and O–H groups in total. The van der Waals surface area contributed by atoms with Gasteiger partial charge >= 0.3 is 0 Å². The van der Waals surface area contributed by atoms with E-state index in [1.165, 1.54) is 0 Å². The molecule has 1 aliphatic heterocycles. The molecule has 0 amide bonds. The zero-order chi connectivity index (χ0) is 32.8. The third-order valence-corrected chi connectivity index (χ3v) is 10.3. The summed E-state index contributed by atoms with van der Waals surface area (Å²) in [6.45, 7) is 1.33. The number of carbonyl (C=O) groups excluding carboxylic acids is 2. The molecule has 4 atom stereocenters. The van der Waals surface area contributed by atoms with Gasteiger partial charge in [-0.15, -0.1) is 0 Å². The highest BCUT2D eigenvalue weighted by Gasteiger charge is 2.65. The van der Waals surface area contributed by atoms with Crippen molar-refractivity contribution in [3.05, 3.63) is 93.7 Å². The Hall–Kier alpha value is -4.58. The number of fused-ring (bicyclic) bond motifs is 5. The van der Waals surface area contributed by atoms with E-state index in [1.54, 1.807) is 19.0 Å². The highest BCUT2D eigenvalue weighted by molar-refractivity contribution is 6.26. The van der Waals surface area contributed by atoms with Crippen molar-refractivity contribution in [3.63, 3.8) is 0 Å². The molecular formula is C36H34FN3O7. The van der Waals surface area contributed by atoms with E-state index in [2.05, 4.69) is 5.16 Å². The number of aliphatic hydroxyl groups is 2. The van der Waals surface area contributed by atoms with Gasteiger partial charge in [-0.3, -0.25) is 19.4 Å². The highest BCUT2D eigenvalue weighted by atomic mass is 19.1. The number of ketones is 2. The maximum atomic E-state index is 14.4. The number of ether oxygens (including phenoxy) is 1. The smallest absolute Gasteiger partial charge is 0.265 e. The molecule has 2 fully saturated rings. The molecule has 1 saturated heterocycles. The summed E-state index contributed by atoms with van der Waals surface area (Å²) in [4.78, 5) is 32.4. The van der Waals surface area contributed by atoms with Crippen LogP contribution in [-0.2, 0) is 24.4 Å². The van der Waals surface area contributed by atoms with Crippen LogP contribution in [0.2, 0.25) is 0 Å². The topological polar surface area (TPSA) is 137 Å². The standard InChI is InChI=1S/C36H34FN3O7/c1-39(2)29-25-13-22-12-21-11-20-9-8-19(14-40-15-23(37)16-40)10-24(20)30(41)26(21)31(42)27(22)33(43)36(25,45)34(44)28-32(29)47-38-35(28)46-17-18-6-4-3-5-7-18/h3-11,22-23,25,29,41-42,45H,12-17H2,1-2H3/t22-,25-,29-,36-/m0/s1. The van der Waals surface area contributed by atoms with Crippen molar-refractivity contribution in [2.24, 2.45) is 11.8 Å². The average molecular weight is 640 g/mol. The molecule has 0 spiro atoms. The number of phenols is 1. The predicted octanol–water partition coefficient (Wildman–Crippen LogP) is 4.53. The van der Waals surface area contributed by atoms with Gasteiger partial charge in [0, 0.05) is 36.5 Å². The lowest BCUT2D eigenvalue weighted by molar-refractivity contribution is -0.142. The van der Waals surface area contributed by atoms with Gasteiger partial charge in [0.05, 0.1) is 11.6 Å². The number of aliphatic hydroxyl groups excluding tert-OH is 1. The minimum atomic E-state index is -2.53. The number of nitrogens with zero attached hydrogens (tertiary/aromatic N) is 3. The van der Waals surface area contributed by atoms with E-state index in [0.717, 1.165) is 16.5 Å². The van der Waals surface area contributed by atoms with Crippen molar-refractivity contribution < 1.29 is 38.6 Å². The number of benzene rings is 3. The van der Waals surface area contributed by atoms with Crippen molar-refractivity contribution in [2.75, 3.05) is 27.2 Å². The summed E-state index contributed by atoms with van der Waals surface area (Å²) >= 11 is 0. The zero-order valence-corrected chi connectivity index (χ0v) is 25.9. The fraction of sp³-hybridized carbons (Fsp3) is 0.361. The lowest BCUT2D eigenvalue weighted by Gasteiger charge is -2.49. The lowest BCUT2D eigenvalue weighted by atomic mass is 9.57. The number of rotatable bonds is 6. The molecular weight excluding hydrogens is 605 g/mol. The molecule has 47 heavy (non-hydrogen) atoms. The number of phenolic OH excluding ortho intramolecular Hbond substituents is 1. The first-order valence-corrected chi connectivity index (χ1v) is 15.8. The van der Waals surface area contributed by atoms with Crippen LogP contribution in [0.15, 0.2) is 64.7 Å². The number of hydrogen-bond acceptors (Lipinski definition) is 10. The summed E-state index contributed by atoms with van der Waals surface area (Å²) in [7, 11) is 3.55. The predicted molar refractivity (Wildman–Crippen MR) is 169 cm³/mol. The van der Waals surface area contributed by atoms with Gasteiger partial charge in [-0.1, -0.05) is 48.5 Å². The summed E-state index contributed by atoms with van der Waals surface area (Å²) in [5.74, 6) is -3.72. The number of aromatic nitrogens is 1. The van der Waals surface area contributed by atoms with Crippen molar-refractivity contribution >= 4 is 28.1 Å². The van der Waals surface area contributed by atoms with Crippen LogP contribution in [0.4, 0.5) is 4.39 Å². The normalized spacial score (nSPS) is 25.8. The van der Waals surface area contributed by atoms with Crippen molar-refractivity contribution in [3.8, 4) is 11.6 Å². The maximum absolute atomic E-state index is 14.4. The first-order valence-electron chi connectivity index (χ1n) is 15.8. The van der Waals surface area contributed by atoms with E-state index in [0.29, 0.717) is 37.0 Å². The third kappa shape index (κ3) is 4.44. The summed E-state index contributed by atoms with van der Waals surface area (Å²) in [6.07, 6.45) is -0.324. The van der Waals surface area contributed by atoms with E-state index in [4.69, 9.17) is 9.26 Å². The summed E-state index contributed by atoms with van der Waals surface area (Å²) in [6, 6.07) is 16.1. The number of alkyl halides is 1. The van der Waals surface area contributed by atoms with Crippen LogP contribution in [0.3, 0.4) is 0 Å². The Morgan fingerprint density at radius 2 is 1.81 bits per heavy atom. The second-order valence-corrected chi connectivity index (χ2v) is 13.4. The van der Waals surface area contributed by atoms with E-state index < -0.39 is 47.0 Å². The number of halogens is 1. The SMILES string of the molecule is CN(C)[C@@H]1c2onc(OCc3ccccc3)c2C(=O)[C@@]2(O)C(=O)C3=C(O)c4c(cc5ccc(CN6CC(F)C6)cc5c4O)C[C@H]3C[C@@H]12. The largest absolute Gasteiger partial charge is 0.507 e. The van der Waals surface area contributed by atoms with Gasteiger partial charge in [-0.2, -0.15) is 0 Å². The Balaban J connectivity index is 1.19. The molecule has 3 aromatic carbocycles. The van der Waals surface area contributed by atoms with E-state index in [1.807, 2.05) is 59.5 Å². The molecule has 3 aliphatic carbocycles. The van der Waals surface area contributed by atoms with E-state index in [-0.39, 0.29) is 47.1 Å². The van der Waals surface area contributed by atoms with Crippen molar-refractivity contribution in [2.45, 2.75) is 43.8 Å².